The monoisotopic (exact) mass is 380 g/mol. The topological polar surface area (TPSA) is 35.5 Å². The minimum atomic E-state index is -3.63. The maximum Gasteiger partial charge on any atom is 0.411 e. The van der Waals surface area contributed by atoms with Crippen molar-refractivity contribution in [2.45, 2.75) is 6.92 Å². The van der Waals surface area contributed by atoms with Gasteiger partial charge in [0.25, 0.3) is 0 Å². The highest BCUT2D eigenvalue weighted by Gasteiger charge is 2.39. The minimum Gasteiger partial charge on any atom is -0.420 e. The van der Waals surface area contributed by atoms with Gasteiger partial charge in [-0.25, -0.2) is 8.96 Å². The zero-order chi connectivity index (χ0) is 18.9. The Hall–Kier alpha value is -2.68. The van der Waals surface area contributed by atoms with Crippen molar-refractivity contribution in [3.63, 3.8) is 0 Å². The molecule has 3 nitrogen and oxygen atoms in total. The lowest BCUT2D eigenvalue weighted by Gasteiger charge is -2.30. The second kappa shape index (κ2) is 7.15. The molecule has 0 saturated heterocycles. The fourth-order valence-corrected chi connectivity index (χ4v) is 5.02. The molecule has 0 N–H and O–H groups in total. The minimum absolute atomic E-state index is 0.219. The summed E-state index contributed by atoms with van der Waals surface area (Å²) in [5, 5.41) is 0.379. The second-order valence-corrected chi connectivity index (χ2v) is 8.02. The zero-order valence-corrected chi connectivity index (χ0v) is 15.7. The van der Waals surface area contributed by atoms with Crippen LogP contribution >= 0.6 is 7.60 Å². The van der Waals surface area contributed by atoms with E-state index in [-0.39, 0.29) is 6.61 Å². The summed E-state index contributed by atoms with van der Waals surface area (Å²) in [6.07, 6.45) is 0. The van der Waals surface area contributed by atoms with Crippen molar-refractivity contribution in [2.75, 3.05) is 6.61 Å². The van der Waals surface area contributed by atoms with Crippen LogP contribution in [0.1, 0.15) is 23.6 Å². The smallest absolute Gasteiger partial charge is 0.411 e. The summed E-state index contributed by atoms with van der Waals surface area (Å²) in [6, 6.07) is 23.1. The molecule has 0 spiro atoms. The van der Waals surface area contributed by atoms with E-state index in [1.54, 1.807) is 6.92 Å². The summed E-state index contributed by atoms with van der Waals surface area (Å²) < 4.78 is 39.3. The summed E-state index contributed by atoms with van der Waals surface area (Å²) >= 11 is 0. The third-order valence-electron chi connectivity index (χ3n) is 4.36. The Bertz CT molecular complexity index is 1050. The molecule has 5 heteroatoms. The molecule has 0 saturated carbocycles. The van der Waals surface area contributed by atoms with Crippen LogP contribution in [0.15, 0.2) is 78.9 Å². The third-order valence-corrected chi connectivity index (χ3v) is 6.36. The lowest BCUT2D eigenvalue weighted by molar-refractivity contribution is 0.279. The van der Waals surface area contributed by atoms with Crippen molar-refractivity contribution in [1.29, 1.82) is 0 Å². The Morgan fingerprint density at radius 1 is 0.926 bits per heavy atom. The number of halogens is 1. The van der Waals surface area contributed by atoms with Crippen molar-refractivity contribution in [1.82, 2.24) is 0 Å². The summed E-state index contributed by atoms with van der Waals surface area (Å²) in [7, 11) is -3.63. The largest absolute Gasteiger partial charge is 0.420 e. The van der Waals surface area contributed by atoms with Crippen LogP contribution in [0.4, 0.5) is 4.39 Å². The molecule has 1 aliphatic heterocycles. The number of rotatable bonds is 4. The second-order valence-electron chi connectivity index (χ2n) is 6.10. The first-order valence-electron chi connectivity index (χ1n) is 8.72. The number of fused-ring (bicyclic) bond motifs is 1. The van der Waals surface area contributed by atoms with E-state index in [9.17, 15) is 8.96 Å². The number of benzene rings is 3. The molecular weight excluding hydrogens is 362 g/mol. The van der Waals surface area contributed by atoms with Gasteiger partial charge < -0.3 is 4.52 Å². The standard InChI is InChI=1S/C22H18FO3P/c1-2-25-27(24)20-14-13-18(23)15-19(20)21(16-9-5-3-6-10-16)22(26-27)17-11-7-4-8-12-17/h3-15H,2H2,1H3. The molecule has 0 aliphatic carbocycles. The fraction of sp³-hybridized carbons (Fsp3) is 0.0909. The van der Waals surface area contributed by atoms with Crippen molar-refractivity contribution in [3.05, 3.63) is 101 Å². The lowest BCUT2D eigenvalue weighted by Crippen LogP contribution is -2.21. The van der Waals surface area contributed by atoms with Gasteiger partial charge in [-0.05, 0) is 30.7 Å². The summed E-state index contributed by atoms with van der Waals surface area (Å²) in [5.74, 6) is 0.0243. The first kappa shape index (κ1) is 17.7. The normalized spacial score (nSPS) is 18.7. The van der Waals surface area contributed by atoms with E-state index >= 15 is 0 Å². The van der Waals surface area contributed by atoms with E-state index in [0.29, 0.717) is 22.2 Å². The van der Waals surface area contributed by atoms with Crippen LogP contribution in [-0.2, 0) is 13.6 Å². The van der Waals surface area contributed by atoms with Crippen LogP contribution in [0.5, 0.6) is 0 Å². The van der Waals surface area contributed by atoms with E-state index in [0.717, 1.165) is 11.1 Å². The maximum atomic E-state index is 14.2. The average molecular weight is 380 g/mol. The number of hydrogen-bond donors (Lipinski definition) is 0. The summed E-state index contributed by atoms with van der Waals surface area (Å²) in [5.41, 5.74) is 2.84. The van der Waals surface area contributed by atoms with Crippen molar-refractivity contribution in [2.24, 2.45) is 0 Å². The molecular formula is C22H18FO3P. The van der Waals surface area contributed by atoms with Crippen molar-refractivity contribution < 1.29 is 18.0 Å². The van der Waals surface area contributed by atoms with Gasteiger partial charge in [0.2, 0.25) is 0 Å². The molecule has 136 valence electrons. The Balaban J connectivity index is 2.07. The van der Waals surface area contributed by atoms with Crippen molar-refractivity contribution in [3.8, 4) is 0 Å². The Morgan fingerprint density at radius 2 is 1.56 bits per heavy atom. The van der Waals surface area contributed by atoms with E-state index in [1.165, 1.54) is 18.2 Å². The molecule has 0 fully saturated rings. The molecule has 1 unspecified atom stereocenters. The average Bonchev–Trinajstić information content (AvgIpc) is 2.69. The van der Waals surface area contributed by atoms with Crippen LogP contribution in [0, 0.1) is 5.82 Å². The predicted octanol–water partition coefficient (Wildman–Crippen LogP) is 5.63. The number of hydrogen-bond acceptors (Lipinski definition) is 3. The first-order chi connectivity index (χ1) is 13.1. The first-order valence-corrected chi connectivity index (χ1v) is 10.3. The molecule has 3 aromatic rings. The molecule has 27 heavy (non-hydrogen) atoms. The van der Waals surface area contributed by atoms with Crippen LogP contribution < -0.4 is 5.30 Å². The molecule has 0 amide bonds. The van der Waals surface area contributed by atoms with Gasteiger partial charge >= 0.3 is 7.60 Å². The Kier molecular flexibility index (Phi) is 4.69. The Morgan fingerprint density at radius 3 is 2.19 bits per heavy atom. The van der Waals surface area contributed by atoms with E-state index in [1.807, 2.05) is 60.7 Å². The van der Waals surface area contributed by atoms with Crippen LogP contribution in [0.25, 0.3) is 11.3 Å². The highest BCUT2D eigenvalue weighted by atomic mass is 31.2. The van der Waals surface area contributed by atoms with Crippen LogP contribution in [0.3, 0.4) is 0 Å². The van der Waals surface area contributed by atoms with Gasteiger partial charge in [-0.15, -0.1) is 0 Å². The molecule has 1 aliphatic rings. The molecule has 1 heterocycles. The fourth-order valence-electron chi connectivity index (χ4n) is 3.23. The van der Waals surface area contributed by atoms with Gasteiger partial charge in [0.1, 0.15) is 11.6 Å². The molecule has 0 bridgehead atoms. The van der Waals surface area contributed by atoms with Gasteiger partial charge in [-0.1, -0.05) is 60.7 Å². The molecule has 1 atom stereocenters. The van der Waals surface area contributed by atoms with Gasteiger partial charge in [0.05, 0.1) is 11.9 Å². The highest BCUT2D eigenvalue weighted by molar-refractivity contribution is 7.62. The van der Waals surface area contributed by atoms with Gasteiger partial charge in [-0.3, -0.25) is 4.52 Å². The van der Waals surface area contributed by atoms with Crippen LogP contribution in [0.2, 0.25) is 0 Å². The van der Waals surface area contributed by atoms with E-state index in [2.05, 4.69) is 0 Å². The maximum absolute atomic E-state index is 14.2. The van der Waals surface area contributed by atoms with Gasteiger partial charge in [0.15, 0.2) is 0 Å². The predicted molar refractivity (Wildman–Crippen MR) is 105 cm³/mol. The van der Waals surface area contributed by atoms with Crippen LogP contribution in [-0.4, -0.2) is 6.61 Å². The zero-order valence-electron chi connectivity index (χ0n) is 14.8. The molecule has 4 rings (SSSR count). The van der Waals surface area contributed by atoms with Gasteiger partial charge in [-0.2, -0.15) is 0 Å². The molecule has 0 radical (unpaired) electrons. The summed E-state index contributed by atoms with van der Waals surface area (Å²) in [6.45, 7) is 1.97. The highest BCUT2D eigenvalue weighted by Crippen LogP contribution is 2.57. The quantitative estimate of drug-likeness (QED) is 0.551. The lowest BCUT2D eigenvalue weighted by atomic mass is 9.94. The third kappa shape index (κ3) is 3.23. The molecule has 3 aromatic carbocycles. The molecule has 0 aromatic heterocycles. The van der Waals surface area contributed by atoms with E-state index in [4.69, 9.17) is 9.05 Å². The van der Waals surface area contributed by atoms with E-state index < -0.39 is 13.4 Å². The summed E-state index contributed by atoms with van der Waals surface area (Å²) in [4.78, 5) is 0. The van der Waals surface area contributed by atoms with Gasteiger partial charge in [0, 0.05) is 16.7 Å². The van der Waals surface area contributed by atoms with Crippen molar-refractivity contribution >= 4 is 24.2 Å². The SMILES string of the molecule is CCOP1(=O)OC(c2ccccc2)=C(c2ccccc2)c2cc(F)ccc21. The Labute approximate surface area is 157 Å².